The predicted molar refractivity (Wildman–Crippen MR) is 138 cm³/mol. The molecule has 1 aliphatic rings. The molecule has 0 unspecified atom stereocenters. The highest BCUT2D eigenvalue weighted by Crippen LogP contribution is 2.50. The maximum Gasteiger partial charge on any atom is 0.223 e. The third kappa shape index (κ3) is 6.77. The number of halogens is 3. The molecule has 0 aliphatic heterocycles. The Morgan fingerprint density at radius 3 is 2.67 bits per heavy atom. The molecule has 33 heavy (non-hydrogen) atoms. The molecular formula is C25H32Cl2FN3OS. The van der Waals surface area contributed by atoms with Gasteiger partial charge in [0.05, 0.1) is 21.8 Å². The van der Waals surface area contributed by atoms with E-state index in [2.05, 4.69) is 35.2 Å². The third-order valence-corrected chi connectivity index (χ3v) is 7.74. The average molecular weight is 513 g/mol. The molecule has 2 atom stereocenters. The zero-order valence-electron chi connectivity index (χ0n) is 18.9. The van der Waals surface area contributed by atoms with E-state index in [-0.39, 0.29) is 22.3 Å². The molecule has 3 rings (SSSR count). The first-order valence-electron chi connectivity index (χ1n) is 11.5. The monoisotopic (exact) mass is 511 g/mol. The number of nitrogens with zero attached hydrogens (tertiary/aromatic N) is 1. The van der Waals surface area contributed by atoms with E-state index in [9.17, 15) is 9.18 Å². The van der Waals surface area contributed by atoms with Crippen molar-refractivity contribution in [1.82, 2.24) is 10.3 Å². The van der Waals surface area contributed by atoms with Crippen LogP contribution in [0.3, 0.4) is 0 Å². The van der Waals surface area contributed by atoms with Crippen LogP contribution in [0.4, 0.5) is 10.1 Å². The predicted octanol–water partition coefficient (Wildman–Crippen LogP) is 7.09. The second kappa shape index (κ2) is 12.3. The molecule has 180 valence electrons. The SMILES string of the molecule is CC1([C@H](NC(=O)[C@@H](CCS)CCCNc2cccnc2)c2c(F)ccc(Cl)c2Cl)CCCC1. The van der Waals surface area contributed by atoms with Crippen LogP contribution in [-0.4, -0.2) is 23.2 Å². The van der Waals surface area contributed by atoms with Gasteiger partial charge >= 0.3 is 0 Å². The van der Waals surface area contributed by atoms with Gasteiger partial charge in [-0.15, -0.1) is 0 Å². The van der Waals surface area contributed by atoms with Gasteiger partial charge in [0, 0.05) is 30.4 Å². The molecule has 1 fully saturated rings. The van der Waals surface area contributed by atoms with Crippen LogP contribution in [0, 0.1) is 17.2 Å². The van der Waals surface area contributed by atoms with Gasteiger partial charge < -0.3 is 10.6 Å². The standard InChI is InChI=1S/C25H32Cl2FN3OS/c1-25(11-2-3-12-25)23(21-20(28)9-8-19(26)22(21)27)31-24(32)17(10-15-33)6-4-14-30-18-7-5-13-29-16-18/h5,7-9,13,16-17,23,30,33H,2-4,6,10-12,14-15H2,1H3,(H,31,32)/t17-,23-/m1/s1. The Kier molecular flexibility index (Phi) is 9.71. The first-order chi connectivity index (χ1) is 15.9. The summed E-state index contributed by atoms with van der Waals surface area (Å²) in [5.74, 6) is -0.137. The van der Waals surface area contributed by atoms with Gasteiger partial charge in [-0.1, -0.05) is 43.0 Å². The van der Waals surface area contributed by atoms with Crippen molar-refractivity contribution in [3.63, 3.8) is 0 Å². The minimum absolute atomic E-state index is 0.0843. The number of thiol groups is 1. The molecule has 1 aromatic heterocycles. The van der Waals surface area contributed by atoms with Crippen LogP contribution in [-0.2, 0) is 4.79 Å². The summed E-state index contributed by atoms with van der Waals surface area (Å²) in [7, 11) is 0. The van der Waals surface area contributed by atoms with Crippen molar-refractivity contribution < 1.29 is 9.18 Å². The van der Waals surface area contributed by atoms with Gasteiger partial charge in [0.2, 0.25) is 5.91 Å². The summed E-state index contributed by atoms with van der Waals surface area (Å²) in [6, 6.07) is 6.09. The van der Waals surface area contributed by atoms with Gasteiger partial charge in [0.25, 0.3) is 0 Å². The molecular weight excluding hydrogens is 480 g/mol. The second-order valence-electron chi connectivity index (χ2n) is 9.08. The highest BCUT2D eigenvalue weighted by Gasteiger charge is 2.42. The zero-order chi connectivity index (χ0) is 23.8. The number of hydrogen-bond acceptors (Lipinski definition) is 4. The minimum Gasteiger partial charge on any atom is -0.384 e. The van der Waals surface area contributed by atoms with Crippen LogP contribution in [0.15, 0.2) is 36.7 Å². The first-order valence-corrected chi connectivity index (χ1v) is 12.9. The lowest BCUT2D eigenvalue weighted by atomic mass is 9.76. The van der Waals surface area contributed by atoms with Gasteiger partial charge in [-0.05, 0) is 67.5 Å². The molecule has 2 N–H and O–H groups in total. The molecule has 1 heterocycles. The fraction of sp³-hybridized carbons (Fsp3) is 0.520. The van der Waals surface area contributed by atoms with E-state index >= 15 is 0 Å². The number of pyridine rings is 1. The first kappa shape index (κ1) is 26.1. The van der Waals surface area contributed by atoms with E-state index < -0.39 is 11.9 Å². The Hall–Kier alpha value is -1.50. The third-order valence-electron chi connectivity index (χ3n) is 6.67. The van der Waals surface area contributed by atoms with Gasteiger partial charge in [-0.3, -0.25) is 9.78 Å². The smallest absolute Gasteiger partial charge is 0.223 e. The summed E-state index contributed by atoms with van der Waals surface area (Å²) in [6.07, 6.45) is 9.55. The number of carbonyl (C=O) groups is 1. The Balaban J connectivity index is 1.73. The summed E-state index contributed by atoms with van der Waals surface area (Å²) in [4.78, 5) is 17.5. The highest BCUT2D eigenvalue weighted by molar-refractivity contribution is 7.80. The lowest BCUT2D eigenvalue weighted by Gasteiger charge is -2.37. The number of carbonyl (C=O) groups excluding carboxylic acids is 1. The van der Waals surface area contributed by atoms with Crippen molar-refractivity contribution in [1.29, 1.82) is 0 Å². The van der Waals surface area contributed by atoms with E-state index in [1.54, 1.807) is 12.4 Å². The molecule has 1 saturated carbocycles. The molecule has 0 saturated heterocycles. The average Bonchev–Trinajstić information content (AvgIpc) is 3.26. The van der Waals surface area contributed by atoms with Crippen LogP contribution in [0.1, 0.15) is 63.5 Å². The summed E-state index contributed by atoms with van der Waals surface area (Å²) < 4.78 is 15.0. The fourth-order valence-corrected chi connectivity index (χ4v) is 5.48. The maximum absolute atomic E-state index is 15.0. The van der Waals surface area contributed by atoms with Crippen molar-refractivity contribution in [3.8, 4) is 0 Å². The van der Waals surface area contributed by atoms with Gasteiger partial charge in [-0.25, -0.2) is 4.39 Å². The molecule has 0 spiro atoms. The topological polar surface area (TPSA) is 54.0 Å². The summed E-state index contributed by atoms with van der Waals surface area (Å²) in [6.45, 7) is 2.84. The van der Waals surface area contributed by atoms with Crippen LogP contribution in [0.25, 0.3) is 0 Å². The van der Waals surface area contributed by atoms with Crippen LogP contribution >= 0.6 is 35.8 Å². The molecule has 8 heteroatoms. The largest absolute Gasteiger partial charge is 0.384 e. The maximum atomic E-state index is 15.0. The fourth-order valence-electron chi connectivity index (χ4n) is 4.74. The van der Waals surface area contributed by atoms with Crippen molar-refractivity contribution >= 4 is 47.4 Å². The minimum atomic E-state index is -0.533. The number of amides is 1. The van der Waals surface area contributed by atoms with E-state index in [0.29, 0.717) is 29.2 Å². The molecule has 1 aliphatic carbocycles. The number of hydrogen-bond donors (Lipinski definition) is 3. The van der Waals surface area contributed by atoms with Crippen LogP contribution < -0.4 is 10.6 Å². The van der Waals surface area contributed by atoms with Crippen molar-refractivity contribution in [2.24, 2.45) is 11.3 Å². The molecule has 4 nitrogen and oxygen atoms in total. The summed E-state index contributed by atoms with van der Waals surface area (Å²) in [5, 5.41) is 6.98. The number of rotatable bonds is 11. The van der Waals surface area contributed by atoms with E-state index in [4.69, 9.17) is 23.2 Å². The number of anilines is 1. The van der Waals surface area contributed by atoms with Gasteiger partial charge in [-0.2, -0.15) is 12.6 Å². The summed E-state index contributed by atoms with van der Waals surface area (Å²) >= 11 is 17.1. The van der Waals surface area contributed by atoms with Crippen LogP contribution in [0.2, 0.25) is 10.0 Å². The number of benzene rings is 1. The lowest BCUT2D eigenvalue weighted by Crippen LogP contribution is -2.42. The highest BCUT2D eigenvalue weighted by atomic mass is 35.5. The van der Waals surface area contributed by atoms with Gasteiger partial charge in [0.1, 0.15) is 5.82 Å². The Morgan fingerprint density at radius 2 is 2.00 bits per heavy atom. The quantitative estimate of drug-likeness (QED) is 0.171. The Bertz CT molecular complexity index is 925. The van der Waals surface area contributed by atoms with E-state index in [1.807, 2.05) is 12.1 Å². The lowest BCUT2D eigenvalue weighted by molar-refractivity contribution is -0.127. The number of aromatic nitrogens is 1. The zero-order valence-corrected chi connectivity index (χ0v) is 21.3. The molecule has 0 bridgehead atoms. The molecule has 1 amide bonds. The Labute approximate surface area is 211 Å². The van der Waals surface area contributed by atoms with E-state index in [1.165, 1.54) is 12.1 Å². The molecule has 1 aromatic carbocycles. The summed E-state index contributed by atoms with van der Waals surface area (Å²) in [5.41, 5.74) is 0.968. The van der Waals surface area contributed by atoms with Crippen molar-refractivity contribution in [3.05, 3.63) is 58.1 Å². The Morgan fingerprint density at radius 1 is 1.24 bits per heavy atom. The van der Waals surface area contributed by atoms with Crippen molar-refractivity contribution in [2.75, 3.05) is 17.6 Å². The van der Waals surface area contributed by atoms with Crippen molar-refractivity contribution in [2.45, 2.75) is 57.9 Å². The van der Waals surface area contributed by atoms with E-state index in [0.717, 1.165) is 44.3 Å². The van der Waals surface area contributed by atoms with Gasteiger partial charge in [0.15, 0.2) is 0 Å². The molecule has 0 radical (unpaired) electrons. The normalized spacial score (nSPS) is 16.9. The van der Waals surface area contributed by atoms with Crippen LogP contribution in [0.5, 0.6) is 0 Å². The molecule has 2 aromatic rings. The number of nitrogens with one attached hydrogen (secondary N) is 2. The second-order valence-corrected chi connectivity index (χ2v) is 10.3.